The van der Waals surface area contributed by atoms with E-state index >= 15 is 0 Å². The van der Waals surface area contributed by atoms with Crippen molar-refractivity contribution in [1.29, 1.82) is 0 Å². The molecule has 0 saturated carbocycles. The van der Waals surface area contributed by atoms with Crippen LogP contribution in [0.5, 0.6) is 0 Å². The molecule has 1 atom stereocenters. The Morgan fingerprint density at radius 1 is 1.44 bits per heavy atom. The number of fused-ring (bicyclic) bond motifs is 1. The minimum atomic E-state index is -2.94. The third-order valence-electron chi connectivity index (χ3n) is 2.17. The van der Waals surface area contributed by atoms with Crippen molar-refractivity contribution in [3.05, 3.63) is 12.7 Å². The van der Waals surface area contributed by atoms with Crippen LogP contribution in [0.15, 0.2) is 12.7 Å². The fraction of sp³-hybridized carbons (Fsp3) is 0.375. The van der Waals surface area contributed by atoms with Gasteiger partial charge in [-0.05, 0) is 0 Å². The van der Waals surface area contributed by atoms with Crippen molar-refractivity contribution in [3.63, 3.8) is 0 Å². The molecule has 0 aliphatic carbocycles. The van der Waals surface area contributed by atoms with E-state index in [9.17, 15) is 4.57 Å². The zero-order valence-electron chi connectivity index (χ0n) is 9.31. The monoisotopic (exact) mass is 273 g/mol. The first-order valence-corrected chi connectivity index (χ1v) is 6.29. The fourth-order valence-corrected chi connectivity index (χ4v) is 1.56. The average molecular weight is 273 g/mol. The van der Waals surface area contributed by atoms with Crippen LogP contribution in [0.25, 0.3) is 11.2 Å². The lowest BCUT2D eigenvalue weighted by Gasteiger charge is -2.04. The second kappa shape index (κ2) is 5.87. The van der Waals surface area contributed by atoms with Gasteiger partial charge in [0.05, 0.1) is 12.9 Å². The highest BCUT2D eigenvalue weighted by Gasteiger charge is 2.07. The number of nitrogens with two attached hydrogens (primary N) is 1. The van der Waals surface area contributed by atoms with Crippen molar-refractivity contribution in [2.24, 2.45) is 0 Å². The lowest BCUT2D eigenvalue weighted by Crippen LogP contribution is -2.07. The second-order valence-electron chi connectivity index (χ2n) is 3.31. The predicted octanol–water partition coefficient (Wildman–Crippen LogP) is -0.219. The van der Waals surface area contributed by atoms with Crippen molar-refractivity contribution < 1.29 is 18.7 Å². The number of imidazole rings is 1. The van der Waals surface area contributed by atoms with Crippen LogP contribution in [0, 0.1) is 0 Å². The summed E-state index contributed by atoms with van der Waals surface area (Å²) in [7, 11) is -2.94. The van der Waals surface area contributed by atoms with Crippen LogP contribution < -0.4 is 5.73 Å². The molecule has 0 aliphatic heterocycles. The fourth-order valence-electron chi connectivity index (χ4n) is 1.38. The van der Waals surface area contributed by atoms with Gasteiger partial charge in [-0.2, -0.15) is 0 Å². The molecule has 0 radical (unpaired) electrons. The minimum absolute atomic E-state index is 0.224. The van der Waals surface area contributed by atoms with Crippen LogP contribution in [0.4, 0.5) is 5.82 Å². The van der Waals surface area contributed by atoms with Gasteiger partial charge in [-0.15, -0.1) is 0 Å². The maximum absolute atomic E-state index is 10.2. The molecular weight excluding hydrogens is 261 g/mol. The molecule has 0 bridgehead atoms. The molecule has 0 amide bonds. The number of aromatic nitrogens is 4. The first-order chi connectivity index (χ1) is 8.68. The zero-order chi connectivity index (χ0) is 13.0. The standard InChI is InChI=1S/C8H12N5O4P/c9-7-6-8(11-3-10-7)13(4-12-6)1-2-16-5-17-18(14)15/h3-4,18H,1-2,5H2,(H,14,15)(H2,9,10,11). The van der Waals surface area contributed by atoms with E-state index < -0.39 is 8.25 Å². The van der Waals surface area contributed by atoms with Crippen LogP contribution in [0.1, 0.15) is 0 Å². The van der Waals surface area contributed by atoms with Crippen LogP contribution in [-0.4, -0.2) is 37.8 Å². The summed E-state index contributed by atoms with van der Waals surface area (Å²) < 4.78 is 21.4. The van der Waals surface area contributed by atoms with Crippen molar-refractivity contribution in [2.75, 3.05) is 19.1 Å². The molecule has 0 spiro atoms. The van der Waals surface area contributed by atoms with Gasteiger partial charge in [0.25, 0.3) is 0 Å². The van der Waals surface area contributed by atoms with Crippen molar-refractivity contribution >= 4 is 25.2 Å². The highest BCUT2D eigenvalue weighted by Crippen LogP contribution is 2.15. The van der Waals surface area contributed by atoms with Gasteiger partial charge in [-0.25, -0.2) is 15.0 Å². The second-order valence-corrected chi connectivity index (χ2v) is 4.13. The first-order valence-electron chi connectivity index (χ1n) is 5.03. The molecule has 0 fully saturated rings. The van der Waals surface area contributed by atoms with E-state index in [0.717, 1.165) is 0 Å². The highest BCUT2D eigenvalue weighted by molar-refractivity contribution is 7.32. The van der Waals surface area contributed by atoms with E-state index in [1.54, 1.807) is 10.9 Å². The molecule has 0 aliphatic rings. The maximum atomic E-state index is 10.2. The van der Waals surface area contributed by atoms with Crippen LogP contribution in [0.2, 0.25) is 0 Å². The third-order valence-corrected chi connectivity index (χ3v) is 2.54. The number of rotatable bonds is 6. The number of nitrogens with zero attached hydrogens (tertiary/aromatic N) is 4. The maximum Gasteiger partial charge on any atom is 0.318 e. The first kappa shape index (κ1) is 12.9. The van der Waals surface area contributed by atoms with Crippen molar-refractivity contribution in [1.82, 2.24) is 19.5 Å². The van der Waals surface area contributed by atoms with Crippen LogP contribution >= 0.6 is 8.25 Å². The lowest BCUT2D eigenvalue weighted by atomic mass is 10.5. The summed E-state index contributed by atoms with van der Waals surface area (Å²) in [4.78, 5) is 20.4. The molecule has 10 heteroatoms. The molecule has 1 unspecified atom stereocenters. The largest absolute Gasteiger partial charge is 0.382 e. The Kier molecular flexibility index (Phi) is 4.21. The minimum Gasteiger partial charge on any atom is -0.382 e. The van der Waals surface area contributed by atoms with E-state index in [1.807, 2.05) is 0 Å². The molecule has 2 heterocycles. The number of hydrogen-bond acceptors (Lipinski definition) is 7. The Balaban J connectivity index is 1.92. The predicted molar refractivity (Wildman–Crippen MR) is 62.9 cm³/mol. The Morgan fingerprint density at radius 2 is 2.28 bits per heavy atom. The Hall–Kier alpha value is -1.54. The summed E-state index contributed by atoms with van der Waals surface area (Å²) in [6.07, 6.45) is 2.94. The van der Waals surface area contributed by atoms with E-state index in [2.05, 4.69) is 19.5 Å². The highest BCUT2D eigenvalue weighted by atomic mass is 31.1. The molecule has 2 aromatic rings. The van der Waals surface area contributed by atoms with Gasteiger partial charge in [-0.1, -0.05) is 0 Å². The van der Waals surface area contributed by atoms with E-state index in [1.165, 1.54) is 6.33 Å². The Morgan fingerprint density at radius 3 is 3.06 bits per heavy atom. The van der Waals surface area contributed by atoms with Crippen molar-refractivity contribution in [2.45, 2.75) is 6.54 Å². The molecule has 3 N–H and O–H groups in total. The molecule has 98 valence electrons. The van der Waals surface area contributed by atoms with Gasteiger partial charge >= 0.3 is 8.25 Å². The number of ether oxygens (including phenoxy) is 1. The lowest BCUT2D eigenvalue weighted by molar-refractivity contribution is 0.0106. The molecule has 0 aromatic carbocycles. The smallest absolute Gasteiger partial charge is 0.318 e. The molecule has 18 heavy (non-hydrogen) atoms. The average Bonchev–Trinajstić information content (AvgIpc) is 2.73. The molecule has 0 saturated heterocycles. The Labute approximate surface area is 103 Å². The summed E-state index contributed by atoms with van der Waals surface area (Å²) in [5, 5.41) is 0. The number of hydrogen-bond donors (Lipinski definition) is 2. The number of anilines is 1. The summed E-state index contributed by atoms with van der Waals surface area (Å²) in [5.74, 6) is 0.321. The third kappa shape index (κ3) is 3.02. The number of nitrogen functional groups attached to an aromatic ring is 1. The van der Waals surface area contributed by atoms with E-state index in [4.69, 9.17) is 15.4 Å². The summed E-state index contributed by atoms with van der Waals surface area (Å²) in [5.41, 5.74) is 6.79. The van der Waals surface area contributed by atoms with Gasteiger partial charge in [0.15, 0.2) is 18.3 Å². The van der Waals surface area contributed by atoms with Gasteiger partial charge < -0.3 is 19.9 Å². The van der Waals surface area contributed by atoms with Gasteiger partial charge in [0.2, 0.25) is 0 Å². The van der Waals surface area contributed by atoms with Gasteiger partial charge in [-0.3, -0.25) is 9.09 Å². The summed E-state index contributed by atoms with van der Waals surface area (Å²) in [6.45, 7) is 0.547. The molecule has 2 aromatic heterocycles. The van der Waals surface area contributed by atoms with Crippen LogP contribution in [-0.2, 0) is 20.4 Å². The topological polar surface area (TPSA) is 125 Å². The SMILES string of the molecule is Nc1ncnc2c1ncn2CCOCO[PH](=O)O. The van der Waals surface area contributed by atoms with Gasteiger partial charge in [0.1, 0.15) is 11.8 Å². The summed E-state index contributed by atoms with van der Waals surface area (Å²) >= 11 is 0. The summed E-state index contributed by atoms with van der Waals surface area (Å²) in [6, 6.07) is 0. The molecule has 2 rings (SSSR count). The van der Waals surface area contributed by atoms with E-state index in [-0.39, 0.29) is 6.79 Å². The molecule has 9 nitrogen and oxygen atoms in total. The normalized spacial score (nSPS) is 12.9. The quantitative estimate of drug-likeness (QED) is 0.420. The zero-order valence-corrected chi connectivity index (χ0v) is 10.3. The van der Waals surface area contributed by atoms with Crippen LogP contribution in [0.3, 0.4) is 0 Å². The van der Waals surface area contributed by atoms with Gasteiger partial charge in [0, 0.05) is 6.54 Å². The molecular formula is C8H12N5O4P. The van der Waals surface area contributed by atoms with E-state index in [0.29, 0.717) is 30.1 Å². The Bertz CT molecular complexity index is 559. The van der Waals surface area contributed by atoms with Crippen molar-refractivity contribution in [3.8, 4) is 0 Å².